The average molecular weight is 513 g/mol. The van der Waals surface area contributed by atoms with Crippen molar-refractivity contribution >= 4 is 25.4 Å². The summed E-state index contributed by atoms with van der Waals surface area (Å²) in [6.07, 6.45) is -1.11. The van der Waals surface area contributed by atoms with E-state index in [0.717, 1.165) is 5.69 Å². The zero-order valence-corrected chi connectivity index (χ0v) is 21.0. The van der Waals surface area contributed by atoms with Gasteiger partial charge in [-0.05, 0) is 42.3 Å². The molecule has 1 N–H and O–H groups in total. The molecule has 3 aromatic carbocycles. The predicted molar refractivity (Wildman–Crippen MR) is 135 cm³/mol. The number of hydrogen-bond acceptors (Lipinski definition) is 7. The van der Waals surface area contributed by atoms with Crippen LogP contribution in [0.4, 0.5) is 5.69 Å². The van der Waals surface area contributed by atoms with Crippen molar-refractivity contribution in [2.24, 2.45) is 0 Å². The number of nitrogens with zero attached hydrogens (tertiary/aromatic N) is 2. The third-order valence-electron chi connectivity index (χ3n) is 6.97. The molecule has 0 bridgehead atoms. The maximum atomic E-state index is 13.5. The van der Waals surface area contributed by atoms with Crippen LogP contribution in [0, 0.1) is 6.92 Å². The summed E-state index contributed by atoms with van der Waals surface area (Å²) in [6, 6.07) is 20.7. The van der Waals surface area contributed by atoms with Crippen molar-refractivity contribution in [3.63, 3.8) is 0 Å². The fourth-order valence-corrected chi connectivity index (χ4v) is 9.51. The van der Waals surface area contributed by atoms with E-state index in [2.05, 4.69) is 24.0 Å². The monoisotopic (exact) mass is 512 g/mol. The number of anilines is 1. The molecule has 0 spiro atoms. The highest BCUT2D eigenvalue weighted by molar-refractivity contribution is 7.96. The highest BCUT2D eigenvalue weighted by Gasteiger charge is 2.45. The van der Waals surface area contributed by atoms with Gasteiger partial charge in [0.05, 0.1) is 15.5 Å². The summed E-state index contributed by atoms with van der Waals surface area (Å²) in [5, 5.41) is 10.1. The minimum absolute atomic E-state index is 0.00268. The Morgan fingerprint density at radius 2 is 1.54 bits per heavy atom. The van der Waals surface area contributed by atoms with E-state index in [1.165, 1.54) is 23.8 Å². The molecule has 2 aliphatic heterocycles. The first kappa shape index (κ1) is 24.0. The van der Waals surface area contributed by atoms with Gasteiger partial charge < -0.3 is 10.0 Å². The molecule has 3 aromatic rings. The Kier molecular flexibility index (Phi) is 6.21. The molecule has 184 valence electrons. The first-order valence-electron chi connectivity index (χ1n) is 11.6. The maximum Gasteiger partial charge on any atom is 0.186 e. The van der Waals surface area contributed by atoms with E-state index < -0.39 is 36.9 Å². The molecular formula is C26H28N2O5S2. The fourth-order valence-electron chi connectivity index (χ4n) is 5.12. The Morgan fingerprint density at radius 3 is 2.23 bits per heavy atom. The zero-order valence-electron chi connectivity index (χ0n) is 19.4. The van der Waals surface area contributed by atoms with Gasteiger partial charge >= 0.3 is 0 Å². The van der Waals surface area contributed by atoms with Gasteiger partial charge in [-0.1, -0.05) is 48.5 Å². The van der Waals surface area contributed by atoms with Crippen LogP contribution >= 0.6 is 0 Å². The third-order valence-corrected chi connectivity index (χ3v) is 11.1. The Bertz CT molecular complexity index is 1450. The number of aryl methyl sites for hydroxylation is 1. The van der Waals surface area contributed by atoms with Gasteiger partial charge in [-0.15, -0.1) is 0 Å². The molecule has 9 heteroatoms. The number of hydrogen-bond donors (Lipinski definition) is 1. The Hall–Kier alpha value is -2.72. The number of aliphatic hydroxyl groups is 1. The second kappa shape index (κ2) is 9.05. The van der Waals surface area contributed by atoms with Crippen molar-refractivity contribution in [1.82, 2.24) is 4.90 Å². The molecule has 0 radical (unpaired) electrons. The lowest BCUT2D eigenvalue weighted by Gasteiger charge is -2.39. The second-order valence-electron chi connectivity index (χ2n) is 9.07. The molecule has 35 heavy (non-hydrogen) atoms. The number of aliphatic hydroxyl groups excluding tert-OH is 1. The smallest absolute Gasteiger partial charge is 0.186 e. The molecule has 1 saturated heterocycles. The normalized spacial score (nSPS) is 21.0. The molecule has 0 saturated carbocycles. The van der Waals surface area contributed by atoms with Gasteiger partial charge in [-0.25, -0.2) is 16.8 Å². The molecule has 2 heterocycles. The molecule has 0 aliphatic carbocycles. The lowest BCUT2D eigenvalue weighted by atomic mass is 10.0. The van der Waals surface area contributed by atoms with Crippen LogP contribution in [-0.2, 0) is 19.7 Å². The van der Waals surface area contributed by atoms with Gasteiger partial charge in [0.1, 0.15) is 11.5 Å². The first-order chi connectivity index (χ1) is 16.7. The molecular weight excluding hydrogens is 484 g/mol. The first-order valence-corrected chi connectivity index (χ1v) is 14.8. The van der Waals surface area contributed by atoms with Crippen LogP contribution in [-0.4, -0.2) is 58.8 Å². The molecule has 0 aromatic heterocycles. The van der Waals surface area contributed by atoms with Gasteiger partial charge in [0, 0.05) is 37.4 Å². The summed E-state index contributed by atoms with van der Waals surface area (Å²) in [6.45, 7) is 4.57. The lowest BCUT2D eigenvalue weighted by molar-refractivity contribution is -0.00237. The summed E-state index contributed by atoms with van der Waals surface area (Å²) in [7, 11) is -7.78. The van der Waals surface area contributed by atoms with Crippen molar-refractivity contribution < 1.29 is 21.9 Å². The lowest BCUT2D eigenvalue weighted by Crippen LogP contribution is -2.48. The van der Waals surface area contributed by atoms with Crippen LogP contribution in [0.25, 0.3) is 0 Å². The molecule has 5 rings (SSSR count). The molecule has 1 fully saturated rings. The van der Waals surface area contributed by atoms with Crippen molar-refractivity contribution in [2.75, 3.05) is 36.8 Å². The molecule has 7 nitrogen and oxygen atoms in total. The van der Waals surface area contributed by atoms with E-state index in [9.17, 15) is 21.9 Å². The number of piperazine rings is 1. The van der Waals surface area contributed by atoms with Crippen molar-refractivity contribution in [3.8, 4) is 0 Å². The summed E-state index contributed by atoms with van der Waals surface area (Å²) < 4.78 is 52.9. The number of fused-ring (bicyclic) bond motifs is 1. The van der Waals surface area contributed by atoms with E-state index in [1.807, 2.05) is 17.0 Å². The average Bonchev–Trinajstić information content (AvgIpc) is 3.16. The van der Waals surface area contributed by atoms with E-state index in [1.54, 1.807) is 30.3 Å². The van der Waals surface area contributed by atoms with Crippen molar-refractivity contribution in [2.45, 2.75) is 28.2 Å². The summed E-state index contributed by atoms with van der Waals surface area (Å²) in [5.41, 5.74) is 2.88. The second-order valence-corrected chi connectivity index (χ2v) is 13.2. The highest BCUT2D eigenvalue weighted by atomic mass is 32.2. The summed E-state index contributed by atoms with van der Waals surface area (Å²) in [5.74, 6) is -0.523. The quantitative estimate of drug-likeness (QED) is 0.561. The largest absolute Gasteiger partial charge is 0.374 e. The van der Waals surface area contributed by atoms with Gasteiger partial charge in [-0.2, -0.15) is 0 Å². The summed E-state index contributed by atoms with van der Waals surface area (Å²) in [4.78, 5) is 4.21. The Balaban J connectivity index is 1.47. The standard InChI is InChI=1S/C26H28N2O5S2/c1-19-8-5-6-12-22(19)27-14-16-28(17-15-27)26(29)21-11-7-13-23-25(21)24(18-34(23,30)31)35(32,33)20-9-3-2-4-10-20/h2-13,24,26,29H,14-18H2,1H3. The van der Waals surface area contributed by atoms with Gasteiger partial charge in [0.25, 0.3) is 0 Å². The van der Waals surface area contributed by atoms with E-state index in [0.29, 0.717) is 31.7 Å². The van der Waals surface area contributed by atoms with Crippen LogP contribution in [0.2, 0.25) is 0 Å². The van der Waals surface area contributed by atoms with Crippen LogP contribution in [0.3, 0.4) is 0 Å². The van der Waals surface area contributed by atoms with Crippen LogP contribution in [0.15, 0.2) is 82.6 Å². The topological polar surface area (TPSA) is 95.0 Å². The maximum absolute atomic E-state index is 13.5. The highest BCUT2D eigenvalue weighted by Crippen LogP contribution is 2.45. The minimum atomic E-state index is -3.98. The zero-order chi connectivity index (χ0) is 24.8. The van der Waals surface area contributed by atoms with Crippen LogP contribution < -0.4 is 4.90 Å². The van der Waals surface area contributed by atoms with Crippen LogP contribution in [0.1, 0.15) is 28.2 Å². The number of para-hydroxylation sites is 1. The molecule has 2 atom stereocenters. The van der Waals surface area contributed by atoms with Gasteiger partial charge in [0.15, 0.2) is 19.7 Å². The number of rotatable bonds is 5. The predicted octanol–water partition coefficient (Wildman–Crippen LogP) is 3.11. The van der Waals surface area contributed by atoms with Crippen molar-refractivity contribution in [3.05, 3.63) is 89.5 Å². The van der Waals surface area contributed by atoms with Crippen LogP contribution in [0.5, 0.6) is 0 Å². The molecule has 0 amide bonds. The van der Waals surface area contributed by atoms with E-state index in [-0.39, 0.29) is 15.4 Å². The van der Waals surface area contributed by atoms with E-state index in [4.69, 9.17) is 0 Å². The Morgan fingerprint density at radius 1 is 0.886 bits per heavy atom. The van der Waals surface area contributed by atoms with Gasteiger partial charge in [-0.3, -0.25) is 4.90 Å². The third kappa shape index (κ3) is 4.27. The van der Waals surface area contributed by atoms with Gasteiger partial charge in [0.2, 0.25) is 0 Å². The molecule has 2 unspecified atom stereocenters. The fraction of sp³-hybridized carbons (Fsp3) is 0.308. The SMILES string of the molecule is Cc1ccccc1N1CCN(C(O)c2cccc3c2C(S(=O)(=O)c2ccccc2)CS3(=O)=O)CC1. The number of benzene rings is 3. The Labute approximate surface area is 206 Å². The minimum Gasteiger partial charge on any atom is -0.374 e. The number of sulfone groups is 2. The summed E-state index contributed by atoms with van der Waals surface area (Å²) >= 11 is 0. The van der Waals surface area contributed by atoms with E-state index >= 15 is 0 Å². The van der Waals surface area contributed by atoms with Crippen molar-refractivity contribution in [1.29, 1.82) is 0 Å². The molecule has 2 aliphatic rings.